The number of fused-ring (bicyclic) bond motifs is 1. The van der Waals surface area contributed by atoms with Gasteiger partial charge in [-0.1, -0.05) is 11.8 Å². The van der Waals surface area contributed by atoms with Crippen LogP contribution < -0.4 is 10.1 Å². The van der Waals surface area contributed by atoms with Crippen molar-refractivity contribution in [2.45, 2.75) is 24.8 Å². The number of amides is 1. The monoisotopic (exact) mass is 454 g/mol. The first-order chi connectivity index (χ1) is 12.8. The molecule has 8 heteroatoms. The Kier molecular flexibility index (Phi) is 7.48. The molecule has 0 bridgehead atoms. The molecule has 1 heterocycles. The van der Waals surface area contributed by atoms with Gasteiger partial charge in [-0.15, -0.1) is 11.8 Å². The van der Waals surface area contributed by atoms with Gasteiger partial charge in [0.25, 0.3) is 5.91 Å². The van der Waals surface area contributed by atoms with E-state index >= 15 is 0 Å². The van der Waals surface area contributed by atoms with Crippen molar-refractivity contribution in [3.05, 3.63) is 34.7 Å². The predicted octanol–water partition coefficient (Wildman–Crippen LogP) is 3.75. The fourth-order valence-electron chi connectivity index (χ4n) is 2.24. The van der Waals surface area contributed by atoms with Crippen LogP contribution in [0.15, 0.2) is 28.9 Å². The number of nitrogens with zero attached hydrogens (tertiary/aromatic N) is 1. The molecule has 2 rings (SSSR count). The molecule has 1 amide bonds. The molecule has 1 atom stereocenters. The minimum absolute atomic E-state index is 0.0137. The van der Waals surface area contributed by atoms with Gasteiger partial charge in [-0.25, -0.2) is 4.39 Å². The number of carbonyl (C=O) groups excluding carboxylic acids is 1. The second kappa shape index (κ2) is 9.40. The van der Waals surface area contributed by atoms with Crippen LogP contribution in [0.3, 0.4) is 0 Å². The fraction of sp³-hybridized carbons (Fsp3) is 0.368. The molecule has 0 saturated carbocycles. The molecule has 144 valence electrons. The Morgan fingerprint density at radius 1 is 1.44 bits per heavy atom. The number of hydrogen-bond donors (Lipinski definition) is 1. The van der Waals surface area contributed by atoms with Crippen molar-refractivity contribution in [3.63, 3.8) is 0 Å². The minimum Gasteiger partial charge on any atom is -0.467 e. The summed E-state index contributed by atoms with van der Waals surface area (Å²) in [5.41, 5.74) is -1.20. The van der Waals surface area contributed by atoms with Crippen LogP contribution in [0.1, 0.15) is 13.8 Å². The molecule has 1 N–H and O–H groups in total. The lowest BCUT2D eigenvalue weighted by Gasteiger charge is -2.24. The maximum absolute atomic E-state index is 14.4. The van der Waals surface area contributed by atoms with E-state index in [4.69, 9.17) is 9.47 Å². The number of hydrogen-bond acceptors (Lipinski definition) is 5. The highest BCUT2D eigenvalue weighted by molar-refractivity contribution is 9.10. The van der Waals surface area contributed by atoms with E-state index in [2.05, 4.69) is 38.1 Å². The lowest BCUT2D eigenvalue weighted by molar-refractivity contribution is -0.125. The van der Waals surface area contributed by atoms with Gasteiger partial charge in [-0.05, 0) is 48.2 Å². The van der Waals surface area contributed by atoms with Crippen LogP contribution >= 0.6 is 27.7 Å². The molecular weight excluding hydrogens is 435 g/mol. The summed E-state index contributed by atoms with van der Waals surface area (Å²) < 4.78 is 25.7. The number of methoxy groups -OCH3 is 1. The lowest BCUT2D eigenvalue weighted by atomic mass is 10.1. The Hall–Kier alpha value is -1.82. The smallest absolute Gasteiger partial charge is 0.272 e. The maximum atomic E-state index is 14.4. The van der Waals surface area contributed by atoms with Gasteiger partial charge >= 0.3 is 0 Å². The van der Waals surface area contributed by atoms with Crippen molar-refractivity contribution >= 4 is 44.5 Å². The Morgan fingerprint density at radius 2 is 2.19 bits per heavy atom. The molecule has 0 aliphatic carbocycles. The first kappa shape index (κ1) is 21.5. The van der Waals surface area contributed by atoms with Gasteiger partial charge < -0.3 is 14.8 Å². The Morgan fingerprint density at radius 3 is 2.85 bits per heavy atom. The number of benzene rings is 1. The highest BCUT2D eigenvalue weighted by Crippen LogP contribution is 2.28. The molecule has 1 aromatic carbocycles. The van der Waals surface area contributed by atoms with Crippen LogP contribution in [-0.4, -0.2) is 41.8 Å². The number of nitrogens with one attached hydrogen (secondary N) is 1. The normalized spacial score (nSPS) is 12.2. The zero-order valence-electron chi connectivity index (χ0n) is 15.4. The van der Waals surface area contributed by atoms with E-state index in [0.29, 0.717) is 10.9 Å². The van der Waals surface area contributed by atoms with Gasteiger partial charge in [0.2, 0.25) is 5.44 Å². The average molecular weight is 455 g/mol. The van der Waals surface area contributed by atoms with E-state index in [-0.39, 0.29) is 12.4 Å². The number of ether oxygens (including phenoxy) is 2. The summed E-state index contributed by atoms with van der Waals surface area (Å²) in [5.74, 6) is 4.74. The molecular formula is C19H20BrFN2O3S. The summed E-state index contributed by atoms with van der Waals surface area (Å²) >= 11 is 4.50. The van der Waals surface area contributed by atoms with Gasteiger partial charge in [-0.3, -0.25) is 9.78 Å². The van der Waals surface area contributed by atoms with E-state index < -0.39 is 22.7 Å². The second-order valence-electron chi connectivity index (χ2n) is 6.16. The van der Waals surface area contributed by atoms with Crippen molar-refractivity contribution in [1.29, 1.82) is 0 Å². The minimum atomic E-state index is -0.930. The number of halogens is 2. The lowest BCUT2D eigenvalue weighted by Crippen LogP contribution is -2.47. The highest BCUT2D eigenvalue weighted by Gasteiger charge is 2.26. The van der Waals surface area contributed by atoms with Crippen LogP contribution in [0.25, 0.3) is 10.9 Å². The SMILES string of the molecule is COCC#CC(C)(C)NC(=O)C(Oc1cc2cc(Br)cnc2cc1F)SC. The van der Waals surface area contributed by atoms with Gasteiger partial charge in [0.1, 0.15) is 6.61 Å². The van der Waals surface area contributed by atoms with E-state index in [0.717, 1.165) is 16.2 Å². The average Bonchev–Trinajstić information content (AvgIpc) is 2.59. The summed E-state index contributed by atoms with van der Waals surface area (Å²) in [7, 11) is 1.55. The molecule has 27 heavy (non-hydrogen) atoms. The summed E-state index contributed by atoms with van der Waals surface area (Å²) in [4.78, 5) is 16.7. The van der Waals surface area contributed by atoms with Gasteiger partial charge in [0.15, 0.2) is 11.6 Å². The quantitative estimate of drug-likeness (QED) is 0.531. The zero-order valence-corrected chi connectivity index (χ0v) is 17.8. The largest absolute Gasteiger partial charge is 0.467 e. The van der Waals surface area contributed by atoms with Crippen molar-refractivity contribution in [2.24, 2.45) is 0 Å². The van der Waals surface area contributed by atoms with Crippen molar-refractivity contribution < 1.29 is 18.7 Å². The van der Waals surface area contributed by atoms with E-state index in [1.54, 1.807) is 39.5 Å². The maximum Gasteiger partial charge on any atom is 0.272 e. The molecule has 1 aromatic heterocycles. The summed E-state index contributed by atoms with van der Waals surface area (Å²) in [6, 6.07) is 4.62. The number of carbonyl (C=O) groups is 1. The Bertz CT molecular complexity index is 896. The van der Waals surface area contributed by atoms with E-state index in [1.165, 1.54) is 12.1 Å². The third-order valence-electron chi connectivity index (χ3n) is 3.42. The van der Waals surface area contributed by atoms with Crippen molar-refractivity contribution in [3.8, 4) is 17.6 Å². The van der Waals surface area contributed by atoms with Crippen LogP contribution in [0.5, 0.6) is 5.75 Å². The van der Waals surface area contributed by atoms with Crippen molar-refractivity contribution in [2.75, 3.05) is 20.0 Å². The van der Waals surface area contributed by atoms with Gasteiger partial charge in [0.05, 0.1) is 11.1 Å². The number of thioether (sulfide) groups is 1. The summed E-state index contributed by atoms with van der Waals surface area (Å²) in [6.07, 6.45) is 3.30. The van der Waals surface area contributed by atoms with Crippen LogP contribution in [-0.2, 0) is 9.53 Å². The van der Waals surface area contributed by atoms with Crippen LogP contribution in [0.2, 0.25) is 0 Å². The second-order valence-corrected chi connectivity index (χ2v) is 7.98. The molecule has 0 fully saturated rings. The fourth-order valence-corrected chi connectivity index (χ4v) is 3.07. The third kappa shape index (κ3) is 6.09. The Balaban J connectivity index is 2.18. The number of rotatable bonds is 6. The molecule has 0 saturated heterocycles. The zero-order chi connectivity index (χ0) is 20.0. The third-order valence-corrected chi connectivity index (χ3v) is 4.59. The molecule has 0 aliphatic heterocycles. The highest BCUT2D eigenvalue weighted by atomic mass is 79.9. The molecule has 5 nitrogen and oxygen atoms in total. The van der Waals surface area contributed by atoms with Gasteiger partial charge in [-0.2, -0.15) is 0 Å². The molecule has 0 radical (unpaired) electrons. The predicted molar refractivity (Wildman–Crippen MR) is 109 cm³/mol. The molecule has 0 aliphatic rings. The summed E-state index contributed by atoms with van der Waals surface area (Å²) in [6.45, 7) is 3.81. The number of aromatic nitrogens is 1. The van der Waals surface area contributed by atoms with E-state index in [9.17, 15) is 9.18 Å². The van der Waals surface area contributed by atoms with Crippen LogP contribution in [0.4, 0.5) is 4.39 Å². The molecule has 0 spiro atoms. The first-order valence-electron chi connectivity index (χ1n) is 8.01. The Labute approximate surface area is 170 Å². The van der Waals surface area contributed by atoms with Gasteiger partial charge in [0, 0.05) is 29.2 Å². The number of pyridine rings is 1. The summed E-state index contributed by atoms with van der Waals surface area (Å²) in [5, 5.41) is 3.50. The van der Waals surface area contributed by atoms with Crippen molar-refractivity contribution in [1.82, 2.24) is 10.3 Å². The molecule has 2 aromatic rings. The van der Waals surface area contributed by atoms with E-state index in [1.807, 2.05) is 0 Å². The molecule has 1 unspecified atom stereocenters. The topological polar surface area (TPSA) is 60.5 Å². The van der Waals surface area contributed by atoms with Crippen LogP contribution in [0, 0.1) is 17.7 Å². The standard InChI is InChI=1S/C19H20BrFN2O3S/c1-19(2,6-5-7-25-3)23-17(24)18(27-4)26-16-9-12-8-13(20)11-22-15(12)10-14(16)21/h8-11,18H,7H2,1-4H3,(H,23,24). The first-order valence-corrected chi connectivity index (χ1v) is 10.1.